The Morgan fingerprint density at radius 1 is 1.31 bits per heavy atom. The zero-order valence-electron chi connectivity index (χ0n) is 16.1. The van der Waals surface area contributed by atoms with Gasteiger partial charge < -0.3 is 10.1 Å². The molecule has 3 rings (SSSR count). The van der Waals surface area contributed by atoms with E-state index in [0.29, 0.717) is 25.2 Å². The largest absolute Gasteiger partial charge is 0.379 e. The SMILES string of the molecule is Cc1nc2ncnn2c(C)c1CCC(=O)NCC(C)(C)N1CCOCC1. The average molecular weight is 360 g/mol. The van der Waals surface area contributed by atoms with Crippen LogP contribution < -0.4 is 5.32 Å². The van der Waals surface area contributed by atoms with E-state index in [-0.39, 0.29) is 11.4 Å². The van der Waals surface area contributed by atoms with Gasteiger partial charge in [0, 0.05) is 43.0 Å². The van der Waals surface area contributed by atoms with E-state index in [0.717, 1.165) is 43.3 Å². The molecule has 1 fully saturated rings. The second kappa shape index (κ2) is 7.67. The number of nitrogens with one attached hydrogen (secondary N) is 1. The van der Waals surface area contributed by atoms with E-state index in [1.807, 2.05) is 13.8 Å². The highest BCUT2D eigenvalue weighted by Crippen LogP contribution is 2.16. The van der Waals surface area contributed by atoms with Crippen molar-refractivity contribution in [2.24, 2.45) is 0 Å². The maximum absolute atomic E-state index is 12.4. The minimum Gasteiger partial charge on any atom is -0.379 e. The van der Waals surface area contributed by atoms with Crippen molar-refractivity contribution in [2.45, 2.75) is 46.1 Å². The van der Waals surface area contributed by atoms with Crippen LogP contribution in [0.4, 0.5) is 0 Å². The lowest BCUT2D eigenvalue weighted by Crippen LogP contribution is -2.55. The monoisotopic (exact) mass is 360 g/mol. The molecule has 0 spiro atoms. The lowest BCUT2D eigenvalue weighted by atomic mass is 10.0. The van der Waals surface area contributed by atoms with Crippen LogP contribution in [-0.4, -0.2) is 68.8 Å². The number of nitrogens with zero attached hydrogens (tertiary/aromatic N) is 5. The van der Waals surface area contributed by atoms with E-state index >= 15 is 0 Å². The number of morpholine rings is 1. The molecule has 142 valence electrons. The van der Waals surface area contributed by atoms with Crippen LogP contribution in [0.3, 0.4) is 0 Å². The van der Waals surface area contributed by atoms with Crippen LogP contribution in [0.2, 0.25) is 0 Å². The fourth-order valence-corrected chi connectivity index (χ4v) is 3.44. The number of rotatable bonds is 6. The van der Waals surface area contributed by atoms with E-state index in [4.69, 9.17) is 4.74 Å². The fourth-order valence-electron chi connectivity index (χ4n) is 3.44. The van der Waals surface area contributed by atoms with Gasteiger partial charge in [0.15, 0.2) is 0 Å². The van der Waals surface area contributed by atoms with Crippen molar-refractivity contribution < 1.29 is 9.53 Å². The highest BCUT2D eigenvalue weighted by atomic mass is 16.5. The summed E-state index contributed by atoms with van der Waals surface area (Å²) < 4.78 is 7.13. The molecule has 8 heteroatoms. The Labute approximate surface area is 154 Å². The van der Waals surface area contributed by atoms with Gasteiger partial charge in [0.1, 0.15) is 6.33 Å². The lowest BCUT2D eigenvalue weighted by Gasteiger charge is -2.40. The third-order valence-corrected chi connectivity index (χ3v) is 5.18. The summed E-state index contributed by atoms with van der Waals surface area (Å²) in [6, 6.07) is 0. The van der Waals surface area contributed by atoms with Crippen molar-refractivity contribution in [2.75, 3.05) is 32.8 Å². The standard InChI is InChI=1S/C18H28N6O2/c1-13-15(14(2)24-17(22-13)20-12-21-24)5-6-16(25)19-11-18(3,4)23-7-9-26-10-8-23/h12H,5-11H2,1-4H3,(H,19,25). The zero-order valence-corrected chi connectivity index (χ0v) is 16.1. The molecule has 0 aromatic carbocycles. The zero-order chi connectivity index (χ0) is 18.7. The second-order valence-electron chi connectivity index (χ2n) is 7.42. The lowest BCUT2D eigenvalue weighted by molar-refractivity contribution is -0.121. The first kappa shape index (κ1) is 18.7. The van der Waals surface area contributed by atoms with Crippen LogP contribution in [0, 0.1) is 13.8 Å². The number of carbonyl (C=O) groups excluding carboxylic acids is 1. The number of hydrogen-bond acceptors (Lipinski definition) is 6. The van der Waals surface area contributed by atoms with Gasteiger partial charge in [-0.25, -0.2) is 9.50 Å². The highest BCUT2D eigenvalue weighted by Gasteiger charge is 2.28. The van der Waals surface area contributed by atoms with Gasteiger partial charge >= 0.3 is 0 Å². The van der Waals surface area contributed by atoms with E-state index in [9.17, 15) is 4.79 Å². The van der Waals surface area contributed by atoms with Gasteiger partial charge in [-0.05, 0) is 39.7 Å². The molecule has 0 aliphatic carbocycles. The Hall–Kier alpha value is -2.06. The summed E-state index contributed by atoms with van der Waals surface area (Å²) in [4.78, 5) is 23.3. The number of carbonyl (C=O) groups is 1. The molecular weight excluding hydrogens is 332 g/mol. The molecule has 2 aromatic rings. The molecule has 0 radical (unpaired) electrons. The molecule has 26 heavy (non-hydrogen) atoms. The van der Waals surface area contributed by atoms with Crippen LogP contribution in [0.25, 0.3) is 5.78 Å². The maximum atomic E-state index is 12.4. The van der Waals surface area contributed by atoms with Gasteiger partial charge in [-0.2, -0.15) is 10.1 Å². The third-order valence-electron chi connectivity index (χ3n) is 5.18. The van der Waals surface area contributed by atoms with Crippen molar-refractivity contribution in [1.29, 1.82) is 0 Å². The second-order valence-corrected chi connectivity index (χ2v) is 7.42. The van der Waals surface area contributed by atoms with Crippen molar-refractivity contribution in [3.05, 3.63) is 23.3 Å². The minimum atomic E-state index is -0.0769. The van der Waals surface area contributed by atoms with Gasteiger partial charge in [0.05, 0.1) is 13.2 Å². The topological polar surface area (TPSA) is 84.6 Å². The Bertz CT molecular complexity index is 779. The van der Waals surface area contributed by atoms with Crippen LogP contribution in [-0.2, 0) is 16.0 Å². The smallest absolute Gasteiger partial charge is 0.252 e. The normalized spacial score (nSPS) is 16.2. The quantitative estimate of drug-likeness (QED) is 0.824. The molecule has 0 atom stereocenters. The molecule has 2 aromatic heterocycles. The number of fused-ring (bicyclic) bond motifs is 1. The average Bonchev–Trinajstić information content (AvgIpc) is 3.09. The Morgan fingerprint density at radius 3 is 2.77 bits per heavy atom. The van der Waals surface area contributed by atoms with Crippen molar-refractivity contribution in [3.63, 3.8) is 0 Å². The summed E-state index contributed by atoms with van der Waals surface area (Å²) in [6.45, 7) is 12.2. The predicted molar refractivity (Wildman–Crippen MR) is 98.1 cm³/mol. The number of hydrogen-bond donors (Lipinski definition) is 1. The molecule has 1 aliphatic rings. The summed E-state index contributed by atoms with van der Waals surface area (Å²) in [6.07, 6.45) is 2.58. The Morgan fingerprint density at radius 2 is 2.04 bits per heavy atom. The number of ether oxygens (including phenoxy) is 1. The van der Waals surface area contributed by atoms with Crippen molar-refractivity contribution >= 4 is 11.7 Å². The molecule has 0 saturated carbocycles. The van der Waals surface area contributed by atoms with E-state index < -0.39 is 0 Å². The molecule has 1 amide bonds. The first-order valence-electron chi connectivity index (χ1n) is 9.14. The molecule has 0 bridgehead atoms. The predicted octanol–water partition coefficient (Wildman–Crippen LogP) is 0.901. The summed E-state index contributed by atoms with van der Waals surface area (Å²) in [5, 5.41) is 7.28. The van der Waals surface area contributed by atoms with Crippen LogP contribution >= 0.6 is 0 Å². The van der Waals surface area contributed by atoms with Crippen LogP contribution in [0.1, 0.15) is 37.2 Å². The first-order valence-corrected chi connectivity index (χ1v) is 9.14. The summed E-state index contributed by atoms with van der Waals surface area (Å²) in [5.74, 6) is 0.657. The summed E-state index contributed by atoms with van der Waals surface area (Å²) in [7, 11) is 0. The van der Waals surface area contributed by atoms with Gasteiger partial charge in [0.2, 0.25) is 5.91 Å². The highest BCUT2D eigenvalue weighted by molar-refractivity contribution is 5.76. The van der Waals surface area contributed by atoms with Gasteiger partial charge in [-0.15, -0.1) is 0 Å². The van der Waals surface area contributed by atoms with E-state index in [1.54, 1.807) is 4.52 Å². The van der Waals surface area contributed by atoms with Crippen molar-refractivity contribution in [1.82, 2.24) is 29.8 Å². The Kier molecular flexibility index (Phi) is 5.52. The fraction of sp³-hybridized carbons (Fsp3) is 0.667. The number of aromatic nitrogens is 4. The number of amides is 1. The molecule has 1 N–H and O–H groups in total. The van der Waals surface area contributed by atoms with Crippen molar-refractivity contribution in [3.8, 4) is 0 Å². The molecule has 3 heterocycles. The van der Waals surface area contributed by atoms with E-state index in [1.165, 1.54) is 6.33 Å². The number of aryl methyl sites for hydroxylation is 2. The molecule has 1 saturated heterocycles. The van der Waals surface area contributed by atoms with Crippen LogP contribution in [0.5, 0.6) is 0 Å². The molecule has 1 aliphatic heterocycles. The van der Waals surface area contributed by atoms with Gasteiger partial charge in [-0.3, -0.25) is 9.69 Å². The summed E-state index contributed by atoms with van der Waals surface area (Å²) >= 11 is 0. The molecule has 8 nitrogen and oxygen atoms in total. The molecular formula is C18H28N6O2. The Balaban J connectivity index is 1.56. The minimum absolute atomic E-state index is 0.0591. The summed E-state index contributed by atoms with van der Waals surface area (Å²) in [5.41, 5.74) is 2.88. The van der Waals surface area contributed by atoms with Gasteiger partial charge in [0.25, 0.3) is 5.78 Å². The first-order chi connectivity index (χ1) is 12.4. The van der Waals surface area contributed by atoms with Crippen LogP contribution in [0.15, 0.2) is 6.33 Å². The molecule has 0 unspecified atom stereocenters. The maximum Gasteiger partial charge on any atom is 0.252 e. The van der Waals surface area contributed by atoms with Gasteiger partial charge in [-0.1, -0.05) is 0 Å². The van der Waals surface area contributed by atoms with E-state index in [2.05, 4.69) is 39.1 Å². The third kappa shape index (κ3) is 4.02.